The molecule has 0 aromatic carbocycles. The molecule has 0 rings (SSSR count). The molecule has 0 saturated heterocycles. The van der Waals surface area contributed by atoms with Crippen LogP contribution in [-0.2, 0) is 4.79 Å². The molecule has 0 amide bonds. The normalized spacial score (nSPS) is 13.9. The molecule has 0 aliphatic carbocycles. The molecule has 0 spiro atoms. The molecule has 0 heterocycles. The fraction of sp³-hybridized carbons (Fsp3) is 0.950. The molecule has 0 radical (unpaired) electrons. The van der Waals surface area contributed by atoms with E-state index in [2.05, 4.69) is 12.2 Å². The first-order valence-corrected chi connectivity index (χ1v) is 10.1. The van der Waals surface area contributed by atoms with Crippen LogP contribution in [0.25, 0.3) is 0 Å². The first kappa shape index (κ1) is 22.6. The molecule has 0 saturated carbocycles. The van der Waals surface area contributed by atoms with Crippen LogP contribution < -0.4 is 11.1 Å². The number of ketones is 1. The van der Waals surface area contributed by atoms with E-state index in [-0.39, 0.29) is 12.3 Å². The van der Waals surface area contributed by atoms with E-state index >= 15 is 0 Å². The molecule has 0 aliphatic heterocycles. The SMILES string of the molecule is CCCCCCCCCCCCCCNC(C)(CC)C(=O)CN. The van der Waals surface area contributed by atoms with Crippen LogP contribution in [0.2, 0.25) is 0 Å². The van der Waals surface area contributed by atoms with Crippen LogP contribution in [0.3, 0.4) is 0 Å². The zero-order valence-electron chi connectivity index (χ0n) is 16.1. The average Bonchev–Trinajstić information content (AvgIpc) is 2.57. The minimum atomic E-state index is -0.424. The highest BCUT2D eigenvalue weighted by molar-refractivity contribution is 5.89. The summed E-state index contributed by atoms with van der Waals surface area (Å²) in [5, 5.41) is 3.40. The van der Waals surface area contributed by atoms with E-state index in [1.54, 1.807) is 0 Å². The van der Waals surface area contributed by atoms with Gasteiger partial charge in [-0.25, -0.2) is 0 Å². The fourth-order valence-corrected chi connectivity index (χ4v) is 2.98. The zero-order valence-corrected chi connectivity index (χ0v) is 16.1. The van der Waals surface area contributed by atoms with Crippen molar-refractivity contribution in [2.45, 2.75) is 110 Å². The first-order chi connectivity index (χ1) is 11.1. The molecule has 3 N–H and O–H groups in total. The summed E-state index contributed by atoms with van der Waals surface area (Å²) in [5.74, 6) is 0.124. The van der Waals surface area contributed by atoms with Gasteiger partial charge >= 0.3 is 0 Å². The number of rotatable bonds is 17. The van der Waals surface area contributed by atoms with Crippen molar-refractivity contribution >= 4 is 5.78 Å². The van der Waals surface area contributed by atoms with Crippen molar-refractivity contribution < 1.29 is 4.79 Å². The number of carbonyl (C=O) groups is 1. The molecule has 23 heavy (non-hydrogen) atoms. The lowest BCUT2D eigenvalue weighted by Gasteiger charge is -2.27. The van der Waals surface area contributed by atoms with Gasteiger partial charge in [-0.3, -0.25) is 4.79 Å². The van der Waals surface area contributed by atoms with Crippen LogP contribution in [0.4, 0.5) is 0 Å². The van der Waals surface area contributed by atoms with E-state index in [9.17, 15) is 4.79 Å². The maximum Gasteiger partial charge on any atom is 0.166 e. The standard InChI is InChI=1S/C20H42N2O/c1-4-6-7-8-9-10-11-12-13-14-15-16-17-22-20(3,5-2)19(23)18-21/h22H,4-18,21H2,1-3H3. The third-order valence-corrected chi connectivity index (χ3v) is 5.05. The molecule has 0 aromatic heterocycles. The summed E-state index contributed by atoms with van der Waals surface area (Å²) in [5.41, 5.74) is 5.06. The number of nitrogens with two attached hydrogens (primary N) is 1. The Hall–Kier alpha value is -0.410. The van der Waals surface area contributed by atoms with Gasteiger partial charge < -0.3 is 11.1 Å². The van der Waals surface area contributed by atoms with Crippen molar-refractivity contribution in [3.8, 4) is 0 Å². The lowest BCUT2D eigenvalue weighted by Crippen LogP contribution is -2.51. The average molecular weight is 327 g/mol. The quantitative estimate of drug-likeness (QED) is 0.371. The fourth-order valence-electron chi connectivity index (χ4n) is 2.98. The minimum absolute atomic E-state index is 0.124. The molecule has 0 bridgehead atoms. The van der Waals surface area contributed by atoms with E-state index < -0.39 is 5.54 Å². The number of hydrogen-bond donors (Lipinski definition) is 2. The molecule has 138 valence electrons. The lowest BCUT2D eigenvalue weighted by molar-refractivity contribution is -0.123. The molecule has 3 heteroatoms. The van der Waals surface area contributed by atoms with E-state index in [0.29, 0.717) is 0 Å². The van der Waals surface area contributed by atoms with Gasteiger partial charge in [0.25, 0.3) is 0 Å². The van der Waals surface area contributed by atoms with Crippen molar-refractivity contribution in [1.29, 1.82) is 0 Å². The molecule has 0 fully saturated rings. The Labute approximate surface area is 145 Å². The molecular weight excluding hydrogens is 284 g/mol. The number of carbonyl (C=O) groups excluding carboxylic acids is 1. The Morgan fingerprint density at radius 2 is 1.26 bits per heavy atom. The number of hydrogen-bond acceptors (Lipinski definition) is 3. The maximum atomic E-state index is 11.8. The summed E-state index contributed by atoms with van der Waals surface area (Å²) in [6.07, 6.45) is 17.1. The summed E-state index contributed by atoms with van der Waals surface area (Å²) in [7, 11) is 0. The van der Waals surface area contributed by atoms with Crippen LogP contribution in [-0.4, -0.2) is 24.4 Å². The largest absolute Gasteiger partial charge is 0.324 e. The van der Waals surface area contributed by atoms with Crippen molar-refractivity contribution in [3.63, 3.8) is 0 Å². The van der Waals surface area contributed by atoms with Crippen molar-refractivity contribution in [1.82, 2.24) is 5.32 Å². The van der Waals surface area contributed by atoms with E-state index in [1.807, 2.05) is 13.8 Å². The first-order valence-electron chi connectivity index (χ1n) is 10.1. The Bertz CT molecular complexity index is 281. The zero-order chi connectivity index (χ0) is 17.4. The van der Waals surface area contributed by atoms with Crippen LogP contribution in [0.1, 0.15) is 104 Å². The molecule has 0 aromatic rings. The van der Waals surface area contributed by atoms with Crippen LogP contribution in [0.15, 0.2) is 0 Å². The second-order valence-corrected chi connectivity index (χ2v) is 7.13. The van der Waals surface area contributed by atoms with Gasteiger partial charge in [0.15, 0.2) is 5.78 Å². The Morgan fingerprint density at radius 1 is 0.826 bits per heavy atom. The van der Waals surface area contributed by atoms with Gasteiger partial charge in [-0.2, -0.15) is 0 Å². The summed E-state index contributed by atoms with van der Waals surface area (Å²) < 4.78 is 0. The van der Waals surface area contributed by atoms with Crippen molar-refractivity contribution in [2.24, 2.45) is 5.73 Å². The third kappa shape index (κ3) is 11.7. The Balaban J connectivity index is 3.38. The van der Waals surface area contributed by atoms with Gasteiger partial charge in [0.1, 0.15) is 0 Å². The minimum Gasteiger partial charge on any atom is -0.324 e. The maximum absolute atomic E-state index is 11.8. The van der Waals surface area contributed by atoms with E-state index in [4.69, 9.17) is 5.73 Å². The smallest absolute Gasteiger partial charge is 0.166 e. The predicted molar refractivity (Wildman–Crippen MR) is 102 cm³/mol. The number of nitrogens with one attached hydrogen (secondary N) is 1. The number of unbranched alkanes of at least 4 members (excludes halogenated alkanes) is 11. The highest BCUT2D eigenvalue weighted by Gasteiger charge is 2.28. The van der Waals surface area contributed by atoms with Gasteiger partial charge in [0, 0.05) is 0 Å². The molecule has 1 unspecified atom stereocenters. The van der Waals surface area contributed by atoms with E-state index in [0.717, 1.165) is 19.4 Å². The van der Waals surface area contributed by atoms with Crippen LogP contribution in [0.5, 0.6) is 0 Å². The summed E-state index contributed by atoms with van der Waals surface area (Å²) in [6.45, 7) is 7.35. The van der Waals surface area contributed by atoms with Gasteiger partial charge in [0.05, 0.1) is 12.1 Å². The topological polar surface area (TPSA) is 55.1 Å². The predicted octanol–water partition coefficient (Wildman–Crippen LogP) is 4.97. The van der Waals surface area contributed by atoms with Gasteiger partial charge in [-0.1, -0.05) is 84.5 Å². The monoisotopic (exact) mass is 326 g/mol. The van der Waals surface area contributed by atoms with Crippen LogP contribution in [0, 0.1) is 0 Å². The van der Waals surface area contributed by atoms with Crippen molar-refractivity contribution in [2.75, 3.05) is 13.1 Å². The molecule has 1 atom stereocenters. The molecule has 0 aliphatic rings. The van der Waals surface area contributed by atoms with Crippen molar-refractivity contribution in [3.05, 3.63) is 0 Å². The summed E-state index contributed by atoms with van der Waals surface area (Å²) >= 11 is 0. The van der Waals surface area contributed by atoms with Gasteiger partial charge in [-0.05, 0) is 26.3 Å². The molecular formula is C20H42N2O. The summed E-state index contributed by atoms with van der Waals surface area (Å²) in [4.78, 5) is 11.8. The van der Waals surface area contributed by atoms with Crippen LogP contribution >= 0.6 is 0 Å². The third-order valence-electron chi connectivity index (χ3n) is 5.05. The summed E-state index contributed by atoms with van der Waals surface area (Å²) in [6, 6.07) is 0. The number of Topliss-reactive ketones (excluding diaryl/α,β-unsaturated/α-hetero) is 1. The highest BCUT2D eigenvalue weighted by atomic mass is 16.1. The highest BCUT2D eigenvalue weighted by Crippen LogP contribution is 2.13. The second kappa shape index (κ2) is 15.1. The Morgan fingerprint density at radius 3 is 1.65 bits per heavy atom. The molecule has 3 nitrogen and oxygen atoms in total. The lowest BCUT2D eigenvalue weighted by atomic mass is 9.93. The second-order valence-electron chi connectivity index (χ2n) is 7.13. The Kier molecular flexibility index (Phi) is 14.9. The van der Waals surface area contributed by atoms with E-state index in [1.165, 1.54) is 70.6 Å². The van der Waals surface area contributed by atoms with Gasteiger partial charge in [0.2, 0.25) is 0 Å². The van der Waals surface area contributed by atoms with Gasteiger partial charge in [-0.15, -0.1) is 0 Å².